The number of aromatic nitrogens is 2. The summed E-state index contributed by atoms with van der Waals surface area (Å²) in [5.74, 6) is 0.171. The molecule has 0 fully saturated rings. The van der Waals surface area contributed by atoms with Gasteiger partial charge in [0.25, 0.3) is 0 Å². The van der Waals surface area contributed by atoms with Crippen molar-refractivity contribution in [3.05, 3.63) is 75.4 Å². The molecule has 2 N–H and O–H groups in total. The van der Waals surface area contributed by atoms with Crippen LogP contribution in [0.1, 0.15) is 20.9 Å². The first-order valence-electron chi connectivity index (χ1n) is 9.21. The lowest BCUT2D eigenvalue weighted by Gasteiger charge is -2.19. The Morgan fingerprint density at radius 3 is 2.57 bits per heavy atom. The van der Waals surface area contributed by atoms with Crippen LogP contribution in [0.15, 0.2) is 59.3 Å². The number of ketones is 1. The third kappa shape index (κ3) is 4.47. The summed E-state index contributed by atoms with van der Waals surface area (Å²) in [6.07, 6.45) is -0.997. The Balaban J connectivity index is 1.48. The highest BCUT2D eigenvalue weighted by Gasteiger charge is 2.19. The number of fused-ring (bicyclic) bond motifs is 1. The number of carboxylic acid groups (broad SMARTS) is 1. The van der Waals surface area contributed by atoms with Gasteiger partial charge in [-0.1, -0.05) is 36.4 Å². The van der Waals surface area contributed by atoms with Crippen molar-refractivity contribution in [1.29, 1.82) is 0 Å². The summed E-state index contributed by atoms with van der Waals surface area (Å²) in [5.41, 5.74) is 1.97. The van der Waals surface area contributed by atoms with E-state index < -0.39 is 6.09 Å². The second-order valence-electron chi connectivity index (χ2n) is 6.45. The first-order valence-corrected chi connectivity index (χ1v) is 11.0. The Kier molecular flexibility index (Phi) is 6.01. The summed E-state index contributed by atoms with van der Waals surface area (Å²) >= 11 is 2.80. The van der Waals surface area contributed by atoms with Gasteiger partial charge in [0.05, 0.1) is 15.1 Å². The standard InChI is InChI=1S/C21H18N4O3S2/c26-18(16-7-4-11-29-16)17-19-15(8-12-30-19)23-20(24-17)22-9-10-25(21(27)28)13-14-5-2-1-3-6-14/h1-8,11-12H,9-10,13H2,(H,27,28)(H,22,23,24). The van der Waals surface area contributed by atoms with Crippen LogP contribution in [-0.4, -0.2) is 44.9 Å². The van der Waals surface area contributed by atoms with Gasteiger partial charge in [0.2, 0.25) is 11.7 Å². The predicted octanol–water partition coefficient (Wildman–Crippen LogP) is 4.58. The van der Waals surface area contributed by atoms with Crippen molar-refractivity contribution < 1.29 is 14.7 Å². The van der Waals surface area contributed by atoms with Crippen LogP contribution in [0.3, 0.4) is 0 Å². The molecule has 4 aromatic rings. The molecule has 0 radical (unpaired) electrons. The highest BCUT2D eigenvalue weighted by atomic mass is 32.1. The Morgan fingerprint density at radius 2 is 1.83 bits per heavy atom. The first-order chi connectivity index (χ1) is 14.6. The molecule has 0 aliphatic carbocycles. The van der Waals surface area contributed by atoms with Crippen molar-refractivity contribution in [1.82, 2.24) is 14.9 Å². The Labute approximate surface area is 180 Å². The minimum Gasteiger partial charge on any atom is -0.465 e. The number of hydrogen-bond acceptors (Lipinski definition) is 7. The number of amides is 1. The van der Waals surface area contributed by atoms with Gasteiger partial charge in [0.1, 0.15) is 5.69 Å². The first kappa shape index (κ1) is 20.0. The molecule has 0 saturated carbocycles. The zero-order valence-electron chi connectivity index (χ0n) is 15.8. The zero-order valence-corrected chi connectivity index (χ0v) is 17.4. The molecular weight excluding hydrogens is 420 g/mol. The van der Waals surface area contributed by atoms with Crippen LogP contribution < -0.4 is 5.32 Å². The van der Waals surface area contributed by atoms with E-state index in [1.54, 1.807) is 6.07 Å². The SMILES string of the molecule is O=C(c1cccs1)c1nc(NCCN(Cc2ccccc2)C(=O)O)nc2ccsc12. The summed E-state index contributed by atoms with van der Waals surface area (Å²) in [7, 11) is 0. The molecule has 1 amide bonds. The van der Waals surface area contributed by atoms with Crippen LogP contribution in [0.2, 0.25) is 0 Å². The lowest BCUT2D eigenvalue weighted by atomic mass is 10.2. The van der Waals surface area contributed by atoms with E-state index in [0.717, 1.165) is 10.3 Å². The molecule has 0 bridgehead atoms. The van der Waals surface area contributed by atoms with Crippen LogP contribution in [0.4, 0.5) is 10.7 Å². The number of anilines is 1. The maximum absolute atomic E-state index is 12.9. The second-order valence-corrected chi connectivity index (χ2v) is 8.32. The van der Waals surface area contributed by atoms with E-state index in [-0.39, 0.29) is 12.3 Å². The molecule has 0 aliphatic rings. The molecule has 9 heteroatoms. The number of nitrogens with one attached hydrogen (secondary N) is 1. The molecule has 0 atom stereocenters. The third-order valence-corrected chi connectivity index (χ3v) is 6.19. The predicted molar refractivity (Wildman–Crippen MR) is 119 cm³/mol. The van der Waals surface area contributed by atoms with Crippen molar-refractivity contribution >= 4 is 50.7 Å². The Morgan fingerprint density at radius 1 is 1.00 bits per heavy atom. The quantitative estimate of drug-likeness (QED) is 0.391. The van der Waals surface area contributed by atoms with Gasteiger partial charge in [-0.2, -0.15) is 0 Å². The molecule has 1 aromatic carbocycles. The van der Waals surface area contributed by atoms with E-state index in [4.69, 9.17) is 0 Å². The maximum Gasteiger partial charge on any atom is 0.407 e. The van der Waals surface area contributed by atoms with Crippen LogP contribution in [-0.2, 0) is 6.54 Å². The van der Waals surface area contributed by atoms with Crippen molar-refractivity contribution in [3.63, 3.8) is 0 Å². The summed E-state index contributed by atoms with van der Waals surface area (Å²) in [6, 6.07) is 14.9. The van der Waals surface area contributed by atoms with E-state index in [0.29, 0.717) is 35.1 Å². The number of nitrogens with zero attached hydrogens (tertiary/aromatic N) is 3. The van der Waals surface area contributed by atoms with Crippen molar-refractivity contribution in [2.75, 3.05) is 18.4 Å². The van der Waals surface area contributed by atoms with Gasteiger partial charge < -0.3 is 15.3 Å². The molecular formula is C21H18N4O3S2. The summed E-state index contributed by atoms with van der Waals surface area (Å²) in [5, 5.41) is 16.3. The lowest BCUT2D eigenvalue weighted by Crippen LogP contribution is -2.33. The summed E-state index contributed by atoms with van der Waals surface area (Å²) < 4.78 is 0.746. The van der Waals surface area contributed by atoms with Crippen LogP contribution in [0.5, 0.6) is 0 Å². The lowest BCUT2D eigenvalue weighted by molar-refractivity contribution is 0.103. The molecule has 0 saturated heterocycles. The highest BCUT2D eigenvalue weighted by molar-refractivity contribution is 7.17. The van der Waals surface area contributed by atoms with Gasteiger partial charge in [-0.15, -0.1) is 22.7 Å². The molecule has 4 rings (SSSR count). The number of rotatable bonds is 8. The minimum absolute atomic E-state index is 0.140. The maximum atomic E-state index is 12.9. The van der Waals surface area contributed by atoms with E-state index in [2.05, 4.69) is 15.3 Å². The van der Waals surface area contributed by atoms with Crippen molar-refractivity contribution in [2.24, 2.45) is 0 Å². The van der Waals surface area contributed by atoms with E-state index >= 15 is 0 Å². The van der Waals surface area contributed by atoms with Gasteiger partial charge in [0, 0.05) is 19.6 Å². The summed E-state index contributed by atoms with van der Waals surface area (Å²) in [4.78, 5) is 35.3. The van der Waals surface area contributed by atoms with E-state index in [1.165, 1.54) is 27.6 Å². The van der Waals surface area contributed by atoms with Gasteiger partial charge >= 0.3 is 6.09 Å². The van der Waals surface area contributed by atoms with Gasteiger partial charge in [-0.05, 0) is 28.5 Å². The smallest absolute Gasteiger partial charge is 0.407 e. The van der Waals surface area contributed by atoms with Gasteiger partial charge in [0.15, 0.2) is 0 Å². The number of hydrogen-bond donors (Lipinski definition) is 2. The molecule has 152 valence electrons. The topological polar surface area (TPSA) is 95.4 Å². The van der Waals surface area contributed by atoms with Crippen molar-refractivity contribution in [3.8, 4) is 0 Å². The van der Waals surface area contributed by atoms with E-state index in [1.807, 2.05) is 53.2 Å². The molecule has 7 nitrogen and oxygen atoms in total. The number of benzene rings is 1. The monoisotopic (exact) mass is 438 g/mol. The molecule has 3 heterocycles. The van der Waals surface area contributed by atoms with Crippen LogP contribution in [0, 0.1) is 0 Å². The second kappa shape index (κ2) is 9.02. The molecule has 0 aliphatic heterocycles. The number of thiophene rings is 2. The van der Waals surface area contributed by atoms with Crippen LogP contribution in [0.25, 0.3) is 10.2 Å². The highest BCUT2D eigenvalue weighted by Crippen LogP contribution is 2.26. The Hall–Kier alpha value is -3.30. The fourth-order valence-corrected chi connectivity index (χ4v) is 4.45. The molecule has 3 aromatic heterocycles. The fourth-order valence-electron chi connectivity index (χ4n) is 2.97. The number of carbonyl (C=O) groups is 2. The minimum atomic E-state index is -0.997. The third-order valence-electron chi connectivity index (χ3n) is 4.42. The number of carbonyl (C=O) groups excluding carboxylic acids is 1. The average molecular weight is 439 g/mol. The van der Waals surface area contributed by atoms with Crippen LogP contribution >= 0.6 is 22.7 Å². The molecule has 30 heavy (non-hydrogen) atoms. The molecule has 0 unspecified atom stereocenters. The zero-order chi connectivity index (χ0) is 20.9. The van der Waals surface area contributed by atoms with Gasteiger partial charge in [-0.3, -0.25) is 4.79 Å². The van der Waals surface area contributed by atoms with E-state index in [9.17, 15) is 14.7 Å². The largest absolute Gasteiger partial charge is 0.465 e. The Bertz CT molecular complexity index is 1160. The van der Waals surface area contributed by atoms with Gasteiger partial charge in [-0.25, -0.2) is 14.8 Å². The van der Waals surface area contributed by atoms with Crippen molar-refractivity contribution in [2.45, 2.75) is 6.54 Å². The summed E-state index contributed by atoms with van der Waals surface area (Å²) in [6.45, 7) is 0.870. The molecule has 0 spiro atoms. The fraction of sp³-hybridized carbons (Fsp3) is 0.143. The normalized spacial score (nSPS) is 10.8. The average Bonchev–Trinajstić information content (AvgIpc) is 3.44.